The highest BCUT2D eigenvalue weighted by Crippen LogP contribution is 2.59. The van der Waals surface area contributed by atoms with E-state index in [1.54, 1.807) is 29.2 Å². The molecule has 0 unspecified atom stereocenters. The molecule has 0 aliphatic carbocycles. The number of Topliss-reactive ketones (excluding diaryl/α,β-unsaturated/α-hetero) is 1. The molecule has 3 aliphatic heterocycles. The van der Waals surface area contributed by atoms with Crippen molar-refractivity contribution in [3.63, 3.8) is 0 Å². The highest BCUT2D eigenvalue weighted by molar-refractivity contribution is 6.30. The summed E-state index contributed by atoms with van der Waals surface area (Å²) in [6, 6.07) is 11.1. The molecule has 0 radical (unpaired) electrons. The lowest BCUT2D eigenvalue weighted by Gasteiger charge is -2.32. The molecule has 1 spiro atoms. The topological polar surface area (TPSA) is 95.0 Å². The van der Waals surface area contributed by atoms with Gasteiger partial charge in [-0.2, -0.15) is 0 Å². The Labute approximate surface area is 187 Å². The second kappa shape index (κ2) is 7.21. The number of carbonyl (C=O) groups is 4. The second-order valence-corrected chi connectivity index (χ2v) is 8.90. The van der Waals surface area contributed by atoms with Crippen LogP contribution in [0, 0.1) is 17.7 Å². The number of rotatable bonds is 4. The molecule has 9 heteroatoms. The van der Waals surface area contributed by atoms with Gasteiger partial charge in [-0.15, -0.1) is 0 Å². The highest BCUT2D eigenvalue weighted by atomic mass is 35.5. The number of carbonyl (C=O) groups excluding carboxylic acids is 3. The zero-order valence-corrected chi connectivity index (χ0v) is 17.5. The SMILES string of the molecule is O=C1CN2[C@@H](c3ccc(Cl)cc3)[C@H](C(=O)O)[C@H]3C(=O)N(Cc4ccc(F)cc4)C(=O)[C@]32C1. The summed E-state index contributed by atoms with van der Waals surface area (Å²) in [5, 5.41) is 10.6. The molecule has 7 nitrogen and oxygen atoms in total. The van der Waals surface area contributed by atoms with Crippen LogP contribution in [0.4, 0.5) is 4.39 Å². The van der Waals surface area contributed by atoms with Gasteiger partial charge in [0.15, 0.2) is 0 Å². The zero-order chi connectivity index (χ0) is 22.8. The summed E-state index contributed by atoms with van der Waals surface area (Å²) in [4.78, 5) is 54.6. The standard InChI is InChI=1S/C23H18ClFN2O5/c24-14-5-3-13(4-6-14)19-17(21(30)31)18-20(29)26(10-12-1-7-15(25)8-2-12)22(32)23(18)9-16(28)11-27(19)23/h1-8,17-19H,9-11H2,(H,30,31)/t17-,18+,19+,23+/m1/s1. The molecule has 2 aromatic carbocycles. The van der Waals surface area contributed by atoms with Crippen LogP contribution in [-0.4, -0.2) is 50.6 Å². The van der Waals surface area contributed by atoms with E-state index in [9.17, 15) is 28.7 Å². The fraction of sp³-hybridized carbons (Fsp3) is 0.304. The Hall–Kier alpha value is -3.10. The molecule has 0 bridgehead atoms. The first-order chi connectivity index (χ1) is 15.2. The molecule has 2 aromatic rings. The Morgan fingerprint density at radius 1 is 1.09 bits per heavy atom. The van der Waals surface area contributed by atoms with Crippen LogP contribution in [0.25, 0.3) is 0 Å². The first-order valence-electron chi connectivity index (χ1n) is 10.1. The number of amides is 2. The van der Waals surface area contributed by atoms with Gasteiger partial charge in [0.1, 0.15) is 17.1 Å². The van der Waals surface area contributed by atoms with E-state index in [4.69, 9.17) is 11.6 Å². The van der Waals surface area contributed by atoms with Crippen LogP contribution in [-0.2, 0) is 25.7 Å². The quantitative estimate of drug-likeness (QED) is 0.710. The highest BCUT2D eigenvalue weighted by Gasteiger charge is 2.75. The van der Waals surface area contributed by atoms with Crippen molar-refractivity contribution < 1.29 is 28.7 Å². The van der Waals surface area contributed by atoms with Crippen molar-refractivity contribution in [3.8, 4) is 0 Å². The van der Waals surface area contributed by atoms with Crippen LogP contribution < -0.4 is 0 Å². The van der Waals surface area contributed by atoms with Crippen LogP contribution in [0.1, 0.15) is 23.6 Å². The predicted molar refractivity (Wildman–Crippen MR) is 110 cm³/mol. The number of aliphatic carboxylic acids is 1. The van der Waals surface area contributed by atoms with E-state index >= 15 is 0 Å². The number of likely N-dealkylation sites (tertiary alicyclic amines) is 1. The van der Waals surface area contributed by atoms with Crippen LogP contribution in [0.3, 0.4) is 0 Å². The minimum atomic E-state index is -1.53. The second-order valence-electron chi connectivity index (χ2n) is 8.46. The lowest BCUT2D eigenvalue weighted by molar-refractivity contribution is -0.150. The molecule has 5 rings (SSSR count). The van der Waals surface area contributed by atoms with Gasteiger partial charge in [0, 0.05) is 11.4 Å². The van der Waals surface area contributed by atoms with Crippen LogP contribution in [0.5, 0.6) is 0 Å². The molecule has 1 N–H and O–H groups in total. The molecule has 0 aromatic heterocycles. The van der Waals surface area contributed by atoms with Gasteiger partial charge < -0.3 is 5.11 Å². The summed E-state index contributed by atoms with van der Waals surface area (Å²) < 4.78 is 13.3. The number of nitrogens with zero attached hydrogens (tertiary/aromatic N) is 2. The third-order valence-electron chi connectivity index (χ3n) is 6.77. The third kappa shape index (κ3) is 2.83. The van der Waals surface area contributed by atoms with E-state index in [0.29, 0.717) is 16.1 Å². The molecule has 3 fully saturated rings. The summed E-state index contributed by atoms with van der Waals surface area (Å²) in [6.45, 7) is -0.229. The molecule has 3 heterocycles. The van der Waals surface area contributed by atoms with Crippen molar-refractivity contribution in [1.29, 1.82) is 0 Å². The minimum Gasteiger partial charge on any atom is -0.481 e. The smallest absolute Gasteiger partial charge is 0.309 e. The van der Waals surface area contributed by atoms with Crippen molar-refractivity contribution >= 4 is 35.2 Å². The molecule has 4 atom stereocenters. The van der Waals surface area contributed by atoms with Gasteiger partial charge in [-0.05, 0) is 35.4 Å². The fourth-order valence-electron chi connectivity index (χ4n) is 5.54. The fourth-order valence-corrected chi connectivity index (χ4v) is 5.66. The van der Waals surface area contributed by atoms with Gasteiger partial charge in [-0.1, -0.05) is 35.9 Å². The summed E-state index contributed by atoms with van der Waals surface area (Å²) >= 11 is 5.98. The van der Waals surface area contributed by atoms with Crippen LogP contribution in [0.15, 0.2) is 48.5 Å². The van der Waals surface area contributed by atoms with Gasteiger partial charge in [-0.25, -0.2) is 4.39 Å². The lowest BCUT2D eigenvalue weighted by Crippen LogP contribution is -2.49. The molecular weight excluding hydrogens is 439 g/mol. The molecule has 3 aliphatic rings. The number of halogens is 2. The van der Waals surface area contributed by atoms with Gasteiger partial charge in [0.25, 0.3) is 5.91 Å². The number of imide groups is 1. The van der Waals surface area contributed by atoms with Crippen molar-refractivity contribution in [2.75, 3.05) is 6.54 Å². The number of ketones is 1. The Kier molecular flexibility index (Phi) is 4.69. The maximum Gasteiger partial charge on any atom is 0.309 e. The van der Waals surface area contributed by atoms with E-state index < -0.39 is 47.0 Å². The Morgan fingerprint density at radius 2 is 1.75 bits per heavy atom. The number of hydrogen-bond donors (Lipinski definition) is 1. The number of hydrogen-bond acceptors (Lipinski definition) is 5. The van der Waals surface area contributed by atoms with Crippen molar-refractivity contribution in [2.24, 2.45) is 11.8 Å². The van der Waals surface area contributed by atoms with E-state index in [2.05, 4.69) is 0 Å². The summed E-state index contributed by atoms with van der Waals surface area (Å²) in [5.41, 5.74) is -0.417. The van der Waals surface area contributed by atoms with Crippen LogP contribution in [0.2, 0.25) is 5.02 Å². The van der Waals surface area contributed by atoms with Crippen molar-refractivity contribution in [2.45, 2.75) is 24.5 Å². The molecular formula is C23H18ClFN2O5. The van der Waals surface area contributed by atoms with Crippen LogP contribution >= 0.6 is 11.6 Å². The van der Waals surface area contributed by atoms with Gasteiger partial charge >= 0.3 is 5.97 Å². The monoisotopic (exact) mass is 456 g/mol. The van der Waals surface area contributed by atoms with Gasteiger partial charge in [0.05, 0.1) is 31.0 Å². The van der Waals surface area contributed by atoms with Crippen molar-refractivity contribution in [1.82, 2.24) is 9.80 Å². The Bertz CT molecular complexity index is 1150. The number of carboxylic acids is 1. The largest absolute Gasteiger partial charge is 0.481 e. The number of benzene rings is 2. The molecule has 3 saturated heterocycles. The van der Waals surface area contributed by atoms with E-state index in [1.807, 2.05) is 0 Å². The van der Waals surface area contributed by atoms with E-state index in [0.717, 1.165) is 4.90 Å². The summed E-state index contributed by atoms with van der Waals surface area (Å²) in [6.07, 6.45) is -0.212. The normalized spacial score (nSPS) is 29.5. The maximum atomic E-state index is 13.6. The van der Waals surface area contributed by atoms with Gasteiger partial charge in [-0.3, -0.25) is 29.0 Å². The minimum absolute atomic E-state index is 0.114. The van der Waals surface area contributed by atoms with Crippen molar-refractivity contribution in [3.05, 3.63) is 70.5 Å². The number of carboxylic acid groups (broad SMARTS) is 1. The maximum absolute atomic E-state index is 13.6. The first kappa shape index (κ1) is 20.8. The van der Waals surface area contributed by atoms with E-state index in [-0.39, 0.29) is 25.3 Å². The Morgan fingerprint density at radius 3 is 2.38 bits per heavy atom. The average molecular weight is 457 g/mol. The molecule has 164 valence electrons. The summed E-state index contributed by atoms with van der Waals surface area (Å²) in [7, 11) is 0. The Balaban J connectivity index is 1.60. The predicted octanol–water partition coefficient (Wildman–Crippen LogP) is 2.43. The molecule has 2 amide bonds. The molecule has 32 heavy (non-hydrogen) atoms. The first-order valence-corrected chi connectivity index (χ1v) is 10.5. The summed E-state index contributed by atoms with van der Waals surface area (Å²) in [5.74, 6) is -5.48. The van der Waals surface area contributed by atoms with Gasteiger partial charge in [0.2, 0.25) is 5.91 Å². The zero-order valence-electron chi connectivity index (χ0n) is 16.7. The molecule has 0 saturated carbocycles. The third-order valence-corrected chi connectivity index (χ3v) is 7.03. The van der Waals surface area contributed by atoms with E-state index in [1.165, 1.54) is 24.3 Å². The average Bonchev–Trinajstić information content (AvgIpc) is 3.29. The lowest BCUT2D eigenvalue weighted by atomic mass is 9.77.